The molecule has 1 aromatic carbocycles. The van der Waals surface area contributed by atoms with E-state index in [0.717, 1.165) is 32.0 Å². The van der Waals surface area contributed by atoms with Gasteiger partial charge in [-0.3, -0.25) is 4.90 Å². The smallest absolute Gasteiger partial charge is 0.368 e. The summed E-state index contributed by atoms with van der Waals surface area (Å²) in [6.07, 6.45) is 4.79. The Hall–Kier alpha value is -1.32. The second kappa shape index (κ2) is 7.18. The number of piperazine rings is 1. The van der Waals surface area contributed by atoms with Gasteiger partial charge in [0.05, 0.1) is 10.6 Å². The maximum Gasteiger partial charge on any atom is 0.501 e. The van der Waals surface area contributed by atoms with Crippen LogP contribution in [-0.2, 0) is 9.84 Å². The lowest BCUT2D eigenvalue weighted by molar-refractivity contribution is -0.0435. The molecule has 3 fully saturated rings. The Morgan fingerprint density at radius 2 is 1.50 bits per heavy atom. The first-order chi connectivity index (χ1) is 13.2. The highest BCUT2D eigenvalue weighted by Gasteiger charge is 2.48. The first-order valence-electron chi connectivity index (χ1n) is 9.80. The Morgan fingerprint density at radius 1 is 0.929 bits per heavy atom. The van der Waals surface area contributed by atoms with Gasteiger partial charge in [-0.25, -0.2) is 8.42 Å². The average Bonchev–Trinajstić information content (AvgIpc) is 2.88. The standard InChI is InChI=1S/C19H26F3N3O2S/c1-23-14-6-7-15(23)13-16(12-14)24-8-10-25(11-9-24)17-4-2-3-5-18(17)28(26,27)19(20,21)22/h2-5,14-16H,6-13H2,1H3/t14-,15-/m0/s1. The number of rotatable bonds is 3. The molecule has 1 aromatic rings. The number of hydrogen-bond donors (Lipinski definition) is 0. The second-order valence-corrected chi connectivity index (χ2v) is 10.0. The van der Waals surface area contributed by atoms with Crippen molar-refractivity contribution in [2.45, 2.75) is 54.2 Å². The van der Waals surface area contributed by atoms with E-state index in [2.05, 4.69) is 16.8 Å². The molecule has 2 atom stereocenters. The number of hydrogen-bond acceptors (Lipinski definition) is 5. The van der Waals surface area contributed by atoms with E-state index in [4.69, 9.17) is 0 Å². The van der Waals surface area contributed by atoms with Gasteiger partial charge in [-0.1, -0.05) is 12.1 Å². The third-order valence-corrected chi connectivity index (χ3v) is 8.24. The average molecular weight is 417 g/mol. The molecule has 3 aliphatic heterocycles. The predicted octanol–water partition coefficient (Wildman–Crippen LogP) is 2.73. The summed E-state index contributed by atoms with van der Waals surface area (Å²) >= 11 is 0. The van der Waals surface area contributed by atoms with Crippen molar-refractivity contribution < 1.29 is 21.6 Å². The van der Waals surface area contributed by atoms with E-state index >= 15 is 0 Å². The summed E-state index contributed by atoms with van der Waals surface area (Å²) in [5.41, 5.74) is -5.14. The monoisotopic (exact) mass is 417 g/mol. The molecule has 4 rings (SSSR count). The van der Waals surface area contributed by atoms with E-state index in [1.807, 2.05) is 0 Å². The van der Waals surface area contributed by atoms with Crippen LogP contribution in [0.3, 0.4) is 0 Å². The predicted molar refractivity (Wildman–Crippen MR) is 101 cm³/mol. The molecule has 0 amide bonds. The van der Waals surface area contributed by atoms with Crippen molar-refractivity contribution in [1.82, 2.24) is 9.80 Å². The first kappa shape index (κ1) is 20.0. The molecule has 3 heterocycles. The van der Waals surface area contributed by atoms with Crippen molar-refractivity contribution >= 4 is 15.5 Å². The Balaban J connectivity index is 1.47. The number of fused-ring (bicyclic) bond motifs is 2. The van der Waals surface area contributed by atoms with Crippen LogP contribution in [-0.4, -0.2) is 75.1 Å². The van der Waals surface area contributed by atoms with Gasteiger partial charge in [-0.05, 0) is 44.9 Å². The molecular formula is C19H26F3N3O2S. The lowest BCUT2D eigenvalue weighted by Gasteiger charge is -2.45. The molecular weight excluding hydrogens is 391 g/mol. The van der Waals surface area contributed by atoms with Gasteiger partial charge >= 0.3 is 5.51 Å². The largest absolute Gasteiger partial charge is 0.501 e. The molecule has 0 aromatic heterocycles. The van der Waals surface area contributed by atoms with Crippen LogP contribution in [0.25, 0.3) is 0 Å². The van der Waals surface area contributed by atoms with Crippen LogP contribution < -0.4 is 4.90 Å². The summed E-state index contributed by atoms with van der Waals surface area (Å²) < 4.78 is 63.1. The van der Waals surface area contributed by atoms with Crippen molar-refractivity contribution in [3.05, 3.63) is 24.3 Å². The zero-order valence-electron chi connectivity index (χ0n) is 15.9. The number of anilines is 1. The molecule has 3 saturated heterocycles. The fraction of sp³-hybridized carbons (Fsp3) is 0.684. The van der Waals surface area contributed by atoms with Crippen molar-refractivity contribution in [3.63, 3.8) is 0 Å². The molecule has 0 aliphatic carbocycles. The maximum atomic E-state index is 13.1. The van der Waals surface area contributed by atoms with Crippen LogP contribution in [0, 0.1) is 0 Å². The van der Waals surface area contributed by atoms with Crippen molar-refractivity contribution in [1.29, 1.82) is 0 Å². The van der Waals surface area contributed by atoms with Crippen LogP contribution in [0.15, 0.2) is 29.2 Å². The van der Waals surface area contributed by atoms with E-state index in [9.17, 15) is 21.6 Å². The first-order valence-corrected chi connectivity index (χ1v) is 11.3. The normalized spacial score (nSPS) is 30.0. The molecule has 3 aliphatic rings. The zero-order valence-corrected chi connectivity index (χ0v) is 16.7. The molecule has 156 valence electrons. The summed E-state index contributed by atoms with van der Waals surface area (Å²) in [5.74, 6) is 0. The summed E-state index contributed by atoms with van der Waals surface area (Å²) in [6.45, 7) is 2.56. The van der Waals surface area contributed by atoms with Crippen molar-refractivity contribution in [2.24, 2.45) is 0 Å². The van der Waals surface area contributed by atoms with Crippen LogP contribution in [0.1, 0.15) is 25.7 Å². The summed E-state index contributed by atoms with van der Waals surface area (Å²) in [7, 11) is -3.16. The number of para-hydroxylation sites is 1. The minimum absolute atomic E-state index is 0.155. The van der Waals surface area contributed by atoms with Gasteiger partial charge in [0, 0.05) is 44.3 Å². The molecule has 28 heavy (non-hydrogen) atoms. The van der Waals surface area contributed by atoms with Crippen LogP contribution in [0.2, 0.25) is 0 Å². The second-order valence-electron chi connectivity index (χ2n) is 8.12. The minimum atomic E-state index is -5.36. The van der Waals surface area contributed by atoms with Gasteiger partial charge in [0.25, 0.3) is 9.84 Å². The number of benzene rings is 1. The van der Waals surface area contributed by atoms with Gasteiger partial charge in [-0.2, -0.15) is 13.2 Å². The highest BCUT2D eigenvalue weighted by molar-refractivity contribution is 7.92. The third-order valence-electron chi connectivity index (χ3n) is 6.70. The Kier molecular flexibility index (Phi) is 5.12. The van der Waals surface area contributed by atoms with E-state index in [0.29, 0.717) is 31.2 Å². The third kappa shape index (κ3) is 3.41. The zero-order chi connectivity index (χ0) is 20.1. The fourth-order valence-corrected chi connectivity index (χ4v) is 6.06. The van der Waals surface area contributed by atoms with E-state index < -0.39 is 20.2 Å². The van der Waals surface area contributed by atoms with E-state index in [1.54, 1.807) is 11.0 Å². The topological polar surface area (TPSA) is 43.9 Å². The molecule has 0 radical (unpaired) electrons. The van der Waals surface area contributed by atoms with Crippen molar-refractivity contribution in [2.75, 3.05) is 38.1 Å². The van der Waals surface area contributed by atoms with Gasteiger partial charge < -0.3 is 9.80 Å². The highest BCUT2D eigenvalue weighted by atomic mass is 32.2. The van der Waals surface area contributed by atoms with Gasteiger partial charge in [0.2, 0.25) is 0 Å². The Labute approximate surface area is 164 Å². The van der Waals surface area contributed by atoms with Gasteiger partial charge in [0.1, 0.15) is 0 Å². The fourth-order valence-electron chi connectivity index (χ4n) is 5.08. The quantitative estimate of drug-likeness (QED) is 0.757. The Bertz CT molecular complexity index is 808. The maximum absolute atomic E-state index is 13.1. The summed E-state index contributed by atoms with van der Waals surface area (Å²) in [6, 6.07) is 7.26. The highest BCUT2D eigenvalue weighted by Crippen LogP contribution is 2.38. The number of alkyl halides is 3. The van der Waals surface area contributed by atoms with E-state index in [1.165, 1.54) is 25.0 Å². The van der Waals surface area contributed by atoms with Crippen LogP contribution in [0.4, 0.5) is 18.9 Å². The van der Waals surface area contributed by atoms with Crippen LogP contribution >= 0.6 is 0 Å². The minimum Gasteiger partial charge on any atom is -0.368 e. The molecule has 5 nitrogen and oxygen atoms in total. The lowest BCUT2D eigenvalue weighted by atomic mass is 9.96. The van der Waals surface area contributed by atoms with Gasteiger partial charge in [-0.15, -0.1) is 0 Å². The summed E-state index contributed by atoms with van der Waals surface area (Å²) in [5, 5.41) is 0. The van der Waals surface area contributed by atoms with Crippen molar-refractivity contribution in [3.8, 4) is 0 Å². The molecule has 0 N–H and O–H groups in total. The molecule has 0 saturated carbocycles. The Morgan fingerprint density at radius 3 is 2.07 bits per heavy atom. The molecule has 0 spiro atoms. The van der Waals surface area contributed by atoms with Crippen LogP contribution in [0.5, 0.6) is 0 Å². The van der Waals surface area contributed by atoms with E-state index in [-0.39, 0.29) is 5.69 Å². The number of sulfone groups is 1. The van der Waals surface area contributed by atoms with Gasteiger partial charge in [0.15, 0.2) is 0 Å². The molecule has 0 unspecified atom stereocenters. The molecule has 2 bridgehead atoms. The number of nitrogens with zero attached hydrogens (tertiary/aromatic N) is 3. The number of piperidine rings is 1. The lowest BCUT2D eigenvalue weighted by Crippen LogP contribution is -2.55. The summed E-state index contributed by atoms with van der Waals surface area (Å²) in [4.78, 5) is 6.06. The number of halogens is 3. The molecule has 9 heteroatoms. The SMILES string of the molecule is CN1[C@H]2CC[C@H]1CC(N1CCN(c3ccccc3S(=O)(=O)C(F)(F)F)CC1)C2.